The van der Waals surface area contributed by atoms with Gasteiger partial charge in [-0.05, 0) is 15.9 Å². The molecule has 0 atom stereocenters. The predicted octanol–water partition coefficient (Wildman–Crippen LogP) is 1.27. The molecule has 0 amide bonds. The first-order valence-corrected chi connectivity index (χ1v) is 4.62. The molecule has 0 fully saturated rings. The Labute approximate surface area is 82.9 Å². The first-order chi connectivity index (χ1) is 5.34. The van der Waals surface area contributed by atoms with Crippen molar-refractivity contribution in [2.24, 2.45) is 7.05 Å². The van der Waals surface area contributed by atoms with Crippen molar-refractivity contribution in [3.8, 4) is 0 Å². The normalized spacial score (nSPS) is 12.1. The number of aromatic nitrogens is 2. The topological polar surface area (TPSA) is 17.8 Å². The average molecular weight is 227 g/mol. The molecule has 0 aromatic carbocycles. The average Bonchev–Trinajstić information content (AvgIpc) is 2.05. The van der Waals surface area contributed by atoms with E-state index in [1.165, 1.54) is 0 Å². The molecular weight excluding hydrogens is 215 g/mol. The van der Waals surface area contributed by atoms with E-state index in [2.05, 4.69) is 41.8 Å². The van der Waals surface area contributed by atoms with Crippen LogP contribution in [0.5, 0.6) is 0 Å². The molecule has 64 valence electrons. The van der Waals surface area contributed by atoms with E-state index >= 15 is 0 Å². The number of halogens is 1. The highest BCUT2D eigenvalue weighted by atomic mass is 79.9. The number of hydrogen-bond acceptors (Lipinski definition) is 1. The molecular formula is C8H12BBrN2. The Morgan fingerprint density at radius 2 is 1.92 bits per heavy atom. The van der Waals surface area contributed by atoms with Crippen LogP contribution < -0.4 is 5.59 Å². The third kappa shape index (κ3) is 1.58. The quantitative estimate of drug-likeness (QED) is 0.610. The van der Waals surface area contributed by atoms with Gasteiger partial charge in [0.25, 0.3) is 0 Å². The van der Waals surface area contributed by atoms with Gasteiger partial charge < -0.3 is 0 Å². The molecule has 0 saturated heterocycles. The second-order valence-corrected chi connectivity index (χ2v) is 4.71. The second kappa shape index (κ2) is 2.91. The summed E-state index contributed by atoms with van der Waals surface area (Å²) in [6, 6.07) is 0. The summed E-state index contributed by atoms with van der Waals surface area (Å²) in [5, 5.41) is 4.12. The van der Waals surface area contributed by atoms with Gasteiger partial charge in [0.05, 0.1) is 10.2 Å². The van der Waals surface area contributed by atoms with Crippen molar-refractivity contribution in [2.45, 2.75) is 26.2 Å². The van der Waals surface area contributed by atoms with E-state index in [-0.39, 0.29) is 5.41 Å². The molecule has 2 radical (unpaired) electrons. The van der Waals surface area contributed by atoms with Crippen molar-refractivity contribution in [2.75, 3.05) is 0 Å². The first kappa shape index (κ1) is 9.84. The first-order valence-electron chi connectivity index (χ1n) is 3.82. The molecule has 0 aliphatic heterocycles. The maximum Gasteiger partial charge on any atom is 0.145 e. The lowest BCUT2D eigenvalue weighted by Crippen LogP contribution is -2.17. The van der Waals surface area contributed by atoms with Gasteiger partial charge in [0.2, 0.25) is 0 Å². The minimum absolute atomic E-state index is 0.0677. The third-order valence-electron chi connectivity index (χ3n) is 1.72. The molecule has 1 aromatic heterocycles. The molecule has 0 aliphatic rings. The molecule has 0 bridgehead atoms. The smallest absolute Gasteiger partial charge is 0.145 e. The summed E-state index contributed by atoms with van der Waals surface area (Å²) in [6.45, 7) is 6.40. The van der Waals surface area contributed by atoms with Gasteiger partial charge >= 0.3 is 0 Å². The molecule has 4 heteroatoms. The van der Waals surface area contributed by atoms with Crippen molar-refractivity contribution < 1.29 is 0 Å². The maximum absolute atomic E-state index is 5.66. The minimum atomic E-state index is 0.0677. The fourth-order valence-corrected chi connectivity index (χ4v) is 2.26. The largest absolute Gasteiger partial charge is 0.272 e. The molecule has 12 heavy (non-hydrogen) atoms. The van der Waals surface area contributed by atoms with Gasteiger partial charge in [-0.2, -0.15) is 5.10 Å². The van der Waals surface area contributed by atoms with Gasteiger partial charge in [0.1, 0.15) is 7.85 Å². The van der Waals surface area contributed by atoms with Crippen LogP contribution in [-0.4, -0.2) is 17.6 Å². The maximum atomic E-state index is 5.66. The van der Waals surface area contributed by atoms with Crippen LogP contribution in [-0.2, 0) is 12.5 Å². The summed E-state index contributed by atoms with van der Waals surface area (Å²) in [5.74, 6) is 0. The fourth-order valence-electron chi connectivity index (χ4n) is 1.33. The van der Waals surface area contributed by atoms with Crippen molar-refractivity contribution in [3.63, 3.8) is 0 Å². The number of nitrogens with zero attached hydrogens (tertiary/aromatic N) is 2. The molecule has 0 unspecified atom stereocenters. The van der Waals surface area contributed by atoms with E-state index in [1.807, 2.05) is 11.7 Å². The highest BCUT2D eigenvalue weighted by molar-refractivity contribution is 9.10. The summed E-state index contributed by atoms with van der Waals surface area (Å²) in [4.78, 5) is 0. The molecule has 1 aromatic rings. The summed E-state index contributed by atoms with van der Waals surface area (Å²) < 4.78 is 2.73. The molecule has 0 N–H and O–H groups in total. The van der Waals surface area contributed by atoms with Gasteiger partial charge in [-0.25, -0.2) is 0 Å². The third-order valence-corrected chi connectivity index (χ3v) is 2.51. The summed E-state index contributed by atoms with van der Waals surface area (Å²) in [5.41, 5.74) is 1.75. The van der Waals surface area contributed by atoms with Crippen LogP contribution in [0.2, 0.25) is 0 Å². The van der Waals surface area contributed by atoms with E-state index < -0.39 is 0 Å². The Hall–Kier alpha value is -0.245. The molecule has 1 heterocycles. The van der Waals surface area contributed by atoms with Gasteiger partial charge in [-0.1, -0.05) is 20.8 Å². The predicted molar refractivity (Wildman–Crippen MR) is 55.0 cm³/mol. The highest BCUT2D eigenvalue weighted by Crippen LogP contribution is 2.27. The second-order valence-electron chi connectivity index (χ2n) is 3.92. The van der Waals surface area contributed by atoms with Crippen LogP contribution in [0.25, 0.3) is 0 Å². The lowest BCUT2D eigenvalue weighted by molar-refractivity contribution is 0.521. The Balaban J connectivity index is 3.32. The monoisotopic (exact) mass is 226 g/mol. The van der Waals surface area contributed by atoms with E-state index in [4.69, 9.17) is 7.85 Å². The number of rotatable bonds is 0. The van der Waals surface area contributed by atoms with Crippen LogP contribution in [0.3, 0.4) is 0 Å². The van der Waals surface area contributed by atoms with Crippen LogP contribution in [0.4, 0.5) is 0 Å². The fraction of sp³-hybridized carbons (Fsp3) is 0.625. The summed E-state index contributed by atoms with van der Waals surface area (Å²) in [7, 11) is 7.56. The van der Waals surface area contributed by atoms with Gasteiger partial charge in [-0.15, -0.1) is 0 Å². The standard InChI is InChI=1S/C8H12BBrN2/c1-8(2,3)6-5(10)7(9)11-12(6)4/h1-4H3. The number of aryl methyl sites for hydroxylation is 1. The highest BCUT2D eigenvalue weighted by Gasteiger charge is 2.22. The van der Waals surface area contributed by atoms with Crippen molar-refractivity contribution >= 4 is 29.4 Å². The minimum Gasteiger partial charge on any atom is -0.272 e. The van der Waals surface area contributed by atoms with Gasteiger partial charge in [0, 0.05) is 18.1 Å². The molecule has 0 aliphatic carbocycles. The van der Waals surface area contributed by atoms with Crippen molar-refractivity contribution in [3.05, 3.63) is 10.2 Å². The Morgan fingerprint density at radius 3 is 2.08 bits per heavy atom. The van der Waals surface area contributed by atoms with Crippen LogP contribution >= 0.6 is 15.9 Å². The van der Waals surface area contributed by atoms with E-state index in [9.17, 15) is 0 Å². The Morgan fingerprint density at radius 1 is 1.42 bits per heavy atom. The Bertz CT molecular complexity index is 299. The molecule has 2 nitrogen and oxygen atoms in total. The molecule has 0 saturated carbocycles. The van der Waals surface area contributed by atoms with E-state index in [0.717, 1.165) is 10.2 Å². The van der Waals surface area contributed by atoms with Crippen molar-refractivity contribution in [1.29, 1.82) is 0 Å². The van der Waals surface area contributed by atoms with Crippen LogP contribution in [0.15, 0.2) is 4.47 Å². The lowest BCUT2D eigenvalue weighted by Gasteiger charge is -2.19. The van der Waals surface area contributed by atoms with Crippen molar-refractivity contribution in [1.82, 2.24) is 9.78 Å². The summed E-state index contributed by atoms with van der Waals surface area (Å²) >= 11 is 3.43. The summed E-state index contributed by atoms with van der Waals surface area (Å²) in [6.07, 6.45) is 0. The lowest BCUT2D eigenvalue weighted by atomic mass is 9.90. The zero-order valence-corrected chi connectivity index (χ0v) is 9.44. The van der Waals surface area contributed by atoms with E-state index in [0.29, 0.717) is 5.59 Å². The molecule has 0 spiro atoms. The van der Waals surface area contributed by atoms with Gasteiger partial charge in [0.15, 0.2) is 0 Å². The SMILES string of the molecule is [B]c1nn(C)c(C(C)(C)C)c1Br. The molecule has 1 rings (SSSR count). The zero-order chi connectivity index (χ0) is 9.52. The number of hydrogen-bond donors (Lipinski definition) is 0. The van der Waals surface area contributed by atoms with Gasteiger partial charge in [-0.3, -0.25) is 4.68 Å². The Kier molecular flexibility index (Phi) is 2.39. The van der Waals surface area contributed by atoms with Crippen LogP contribution in [0.1, 0.15) is 26.5 Å². The van der Waals surface area contributed by atoms with E-state index in [1.54, 1.807) is 0 Å². The zero-order valence-electron chi connectivity index (χ0n) is 7.85. The van der Waals surface area contributed by atoms with Crippen LogP contribution in [0, 0.1) is 0 Å².